The van der Waals surface area contributed by atoms with Gasteiger partial charge in [-0.1, -0.05) is 29.8 Å². The second kappa shape index (κ2) is 11.4. The van der Waals surface area contributed by atoms with Crippen molar-refractivity contribution in [3.05, 3.63) is 96.6 Å². The van der Waals surface area contributed by atoms with Crippen molar-refractivity contribution >= 4 is 40.4 Å². The van der Waals surface area contributed by atoms with Gasteiger partial charge in [-0.15, -0.1) is 0 Å². The summed E-state index contributed by atoms with van der Waals surface area (Å²) in [6, 6.07) is 17.5. The van der Waals surface area contributed by atoms with E-state index in [0.29, 0.717) is 11.5 Å². The number of non-ortho nitro benzene ring substituents is 1. The molecule has 3 rings (SSSR count). The van der Waals surface area contributed by atoms with Gasteiger partial charge in [-0.05, 0) is 70.5 Å². The third-order valence-corrected chi connectivity index (χ3v) is 5.47. The van der Waals surface area contributed by atoms with Crippen LogP contribution >= 0.6 is 22.6 Å². The monoisotopic (exact) mass is 559 g/mol. The minimum absolute atomic E-state index is 0.0282. The van der Waals surface area contributed by atoms with Crippen molar-refractivity contribution in [2.45, 2.75) is 20.0 Å². The summed E-state index contributed by atoms with van der Waals surface area (Å²) in [6.07, 6.45) is 1.78. The van der Waals surface area contributed by atoms with Crippen molar-refractivity contribution in [3.63, 3.8) is 0 Å². The number of benzene rings is 3. The van der Waals surface area contributed by atoms with Gasteiger partial charge in [0.2, 0.25) is 5.91 Å². The smallest absolute Gasteiger partial charge is 0.269 e. The van der Waals surface area contributed by atoms with Gasteiger partial charge in [0.25, 0.3) is 5.69 Å². The number of carbonyl (C=O) groups excluding carboxylic acids is 1. The molecule has 3 aromatic carbocycles. The average molecular weight is 559 g/mol. The highest BCUT2D eigenvalue weighted by atomic mass is 127. The van der Waals surface area contributed by atoms with Crippen LogP contribution < -0.4 is 14.9 Å². The molecular weight excluding hydrogens is 537 g/mol. The Morgan fingerprint density at radius 3 is 2.42 bits per heavy atom. The van der Waals surface area contributed by atoms with E-state index in [4.69, 9.17) is 9.47 Å². The van der Waals surface area contributed by atoms with E-state index in [1.165, 1.54) is 25.5 Å². The van der Waals surface area contributed by atoms with Gasteiger partial charge >= 0.3 is 0 Å². The molecule has 0 radical (unpaired) electrons. The SMILES string of the molecule is COc1cc(/C=N/NC(=O)Cc2ccc(C)cc2)cc(I)c1OCc1ccc([N+](=O)[O-])cc1. The van der Waals surface area contributed by atoms with Crippen molar-refractivity contribution in [2.75, 3.05) is 7.11 Å². The van der Waals surface area contributed by atoms with Crippen LogP contribution in [0.1, 0.15) is 22.3 Å². The zero-order chi connectivity index (χ0) is 23.8. The maximum Gasteiger partial charge on any atom is 0.269 e. The first-order valence-corrected chi connectivity index (χ1v) is 11.0. The van der Waals surface area contributed by atoms with Gasteiger partial charge in [-0.2, -0.15) is 5.10 Å². The Morgan fingerprint density at radius 2 is 1.79 bits per heavy atom. The molecule has 0 unspecified atom stereocenters. The molecule has 0 spiro atoms. The van der Waals surface area contributed by atoms with E-state index < -0.39 is 4.92 Å². The molecule has 0 heterocycles. The number of nitrogens with zero attached hydrogens (tertiary/aromatic N) is 2. The van der Waals surface area contributed by atoms with Crippen molar-refractivity contribution in [2.24, 2.45) is 5.10 Å². The van der Waals surface area contributed by atoms with Crippen molar-refractivity contribution in [1.29, 1.82) is 0 Å². The Balaban J connectivity index is 1.62. The zero-order valence-electron chi connectivity index (χ0n) is 18.1. The van der Waals surface area contributed by atoms with Gasteiger partial charge in [0.1, 0.15) is 6.61 Å². The predicted octanol–water partition coefficient (Wildman–Crippen LogP) is 4.79. The Labute approximate surface area is 204 Å². The quantitative estimate of drug-likeness (QED) is 0.176. The van der Waals surface area contributed by atoms with Crippen molar-refractivity contribution < 1.29 is 19.2 Å². The standard InChI is InChI=1S/C24H22IN3O5/c1-16-3-5-17(6-4-16)13-23(29)27-26-14-19-11-21(25)24(22(12-19)32-2)33-15-18-7-9-20(10-8-18)28(30)31/h3-12,14H,13,15H2,1-2H3,(H,27,29)/b26-14+. The lowest BCUT2D eigenvalue weighted by molar-refractivity contribution is -0.384. The van der Waals surface area contributed by atoms with Crippen LogP contribution in [0, 0.1) is 20.6 Å². The fourth-order valence-electron chi connectivity index (χ4n) is 2.93. The second-order valence-corrected chi connectivity index (χ2v) is 8.36. The maximum absolute atomic E-state index is 12.1. The van der Waals surface area contributed by atoms with Gasteiger partial charge in [0, 0.05) is 12.1 Å². The lowest BCUT2D eigenvalue weighted by Gasteiger charge is -2.13. The van der Waals surface area contributed by atoms with Gasteiger partial charge in [-0.3, -0.25) is 14.9 Å². The van der Waals surface area contributed by atoms with Crippen LogP contribution in [-0.4, -0.2) is 24.2 Å². The highest BCUT2D eigenvalue weighted by Gasteiger charge is 2.12. The molecule has 0 saturated heterocycles. The molecule has 1 N–H and O–H groups in total. The molecule has 0 aromatic heterocycles. The average Bonchev–Trinajstić information content (AvgIpc) is 2.80. The van der Waals surface area contributed by atoms with Crippen LogP contribution in [-0.2, 0) is 17.8 Å². The molecule has 0 aliphatic rings. The summed E-state index contributed by atoms with van der Waals surface area (Å²) < 4.78 is 12.1. The molecule has 0 atom stereocenters. The lowest BCUT2D eigenvalue weighted by atomic mass is 10.1. The van der Waals surface area contributed by atoms with E-state index in [1.54, 1.807) is 18.2 Å². The molecule has 9 heteroatoms. The van der Waals surface area contributed by atoms with Crippen LogP contribution in [0.15, 0.2) is 65.8 Å². The third kappa shape index (κ3) is 7.01. The molecule has 0 aliphatic carbocycles. The maximum atomic E-state index is 12.1. The number of ether oxygens (including phenoxy) is 2. The number of methoxy groups -OCH3 is 1. The summed E-state index contributed by atoms with van der Waals surface area (Å²) in [6.45, 7) is 2.22. The molecule has 0 aliphatic heterocycles. The fraction of sp³-hybridized carbons (Fsp3) is 0.167. The first-order valence-electron chi connectivity index (χ1n) is 9.97. The molecule has 0 fully saturated rings. The van der Waals surface area contributed by atoms with Gasteiger partial charge in [0.05, 0.1) is 28.2 Å². The molecule has 8 nitrogen and oxygen atoms in total. The molecule has 1 amide bonds. The van der Waals surface area contributed by atoms with Gasteiger partial charge in [0.15, 0.2) is 11.5 Å². The van der Waals surface area contributed by atoms with E-state index in [-0.39, 0.29) is 24.6 Å². The number of hydrogen-bond acceptors (Lipinski definition) is 6. The minimum atomic E-state index is -0.443. The van der Waals surface area contributed by atoms with E-state index >= 15 is 0 Å². The van der Waals surface area contributed by atoms with Gasteiger partial charge in [-0.25, -0.2) is 5.43 Å². The fourth-order valence-corrected chi connectivity index (χ4v) is 3.71. The first-order chi connectivity index (χ1) is 15.9. The largest absolute Gasteiger partial charge is 0.493 e. The highest BCUT2D eigenvalue weighted by Crippen LogP contribution is 2.34. The number of aryl methyl sites for hydroxylation is 1. The number of carbonyl (C=O) groups is 1. The Morgan fingerprint density at radius 1 is 1.12 bits per heavy atom. The minimum Gasteiger partial charge on any atom is -0.493 e. The summed E-state index contributed by atoms with van der Waals surface area (Å²) in [5.74, 6) is 0.855. The summed E-state index contributed by atoms with van der Waals surface area (Å²) in [4.78, 5) is 22.4. The Hall–Kier alpha value is -3.47. The van der Waals surface area contributed by atoms with Crippen LogP contribution in [0.4, 0.5) is 5.69 Å². The number of nitro benzene ring substituents is 1. The van der Waals surface area contributed by atoms with Crippen molar-refractivity contribution in [3.8, 4) is 11.5 Å². The number of hydrazone groups is 1. The summed E-state index contributed by atoms with van der Waals surface area (Å²) in [5.41, 5.74) is 6.14. The zero-order valence-corrected chi connectivity index (χ0v) is 20.2. The molecule has 0 saturated carbocycles. The number of nitro groups is 1. The van der Waals surface area contributed by atoms with Crippen LogP contribution in [0.2, 0.25) is 0 Å². The summed E-state index contributed by atoms with van der Waals surface area (Å²) >= 11 is 2.13. The number of nitrogens with one attached hydrogen (secondary N) is 1. The van der Waals surface area contributed by atoms with Crippen LogP contribution in [0.5, 0.6) is 11.5 Å². The Bertz CT molecular complexity index is 1160. The van der Waals surface area contributed by atoms with E-state index in [9.17, 15) is 14.9 Å². The van der Waals surface area contributed by atoms with Crippen LogP contribution in [0.3, 0.4) is 0 Å². The molecule has 170 valence electrons. The predicted molar refractivity (Wildman–Crippen MR) is 134 cm³/mol. The summed E-state index contributed by atoms with van der Waals surface area (Å²) in [7, 11) is 1.54. The number of amides is 1. The molecule has 3 aromatic rings. The van der Waals surface area contributed by atoms with E-state index in [0.717, 1.165) is 25.8 Å². The van der Waals surface area contributed by atoms with Crippen molar-refractivity contribution in [1.82, 2.24) is 5.43 Å². The normalized spacial score (nSPS) is 10.8. The van der Waals surface area contributed by atoms with Crippen LogP contribution in [0.25, 0.3) is 0 Å². The van der Waals surface area contributed by atoms with Gasteiger partial charge < -0.3 is 9.47 Å². The number of hydrogen-bond donors (Lipinski definition) is 1. The first kappa shape index (κ1) is 24.2. The number of rotatable bonds is 9. The summed E-state index contributed by atoms with van der Waals surface area (Å²) in [5, 5.41) is 14.8. The molecule has 33 heavy (non-hydrogen) atoms. The van der Waals surface area contributed by atoms with E-state index in [1.807, 2.05) is 37.3 Å². The highest BCUT2D eigenvalue weighted by molar-refractivity contribution is 14.1. The molecular formula is C24H22IN3O5. The number of halogens is 1. The Kier molecular flexibility index (Phi) is 8.36. The topological polar surface area (TPSA) is 103 Å². The lowest BCUT2D eigenvalue weighted by Crippen LogP contribution is -2.19. The molecule has 0 bridgehead atoms. The second-order valence-electron chi connectivity index (χ2n) is 7.20. The van der Waals surface area contributed by atoms with E-state index in [2.05, 4.69) is 33.1 Å². The third-order valence-electron chi connectivity index (χ3n) is 4.67.